The Morgan fingerprint density at radius 1 is 1.47 bits per heavy atom. The van der Waals surface area contributed by atoms with E-state index in [1.807, 2.05) is 0 Å². The van der Waals surface area contributed by atoms with Crippen LogP contribution in [0.15, 0.2) is 23.2 Å². The summed E-state index contributed by atoms with van der Waals surface area (Å²) < 4.78 is 37.3. The molecule has 0 spiro atoms. The van der Waals surface area contributed by atoms with Crippen LogP contribution in [-0.2, 0) is 19.5 Å². The molecule has 1 unspecified atom stereocenters. The fourth-order valence-corrected chi connectivity index (χ4v) is 2.73. The molecule has 2 N–H and O–H groups in total. The van der Waals surface area contributed by atoms with Crippen LogP contribution in [0.4, 0.5) is 5.82 Å². The molecule has 0 radical (unpaired) electrons. The van der Waals surface area contributed by atoms with Crippen molar-refractivity contribution in [2.75, 3.05) is 38.7 Å². The molecular weight excluding hydrogens is 270 g/mol. The average Bonchev–Trinajstić information content (AvgIpc) is 2.46. The largest absolute Gasteiger partial charge is 0.376 e. The lowest BCUT2D eigenvalue weighted by Gasteiger charge is -2.23. The number of aromatic nitrogens is 1. The molecule has 1 aromatic rings. The molecule has 0 saturated carbocycles. The average molecular weight is 287 g/mol. The lowest BCUT2D eigenvalue weighted by atomic mass is 10.3. The van der Waals surface area contributed by atoms with Crippen molar-refractivity contribution in [3.05, 3.63) is 18.3 Å². The third kappa shape index (κ3) is 3.87. The zero-order chi connectivity index (χ0) is 13.7. The Balaban J connectivity index is 2.00. The van der Waals surface area contributed by atoms with Crippen LogP contribution in [0.5, 0.6) is 0 Å². The summed E-state index contributed by atoms with van der Waals surface area (Å²) >= 11 is 0. The molecule has 1 fully saturated rings. The summed E-state index contributed by atoms with van der Waals surface area (Å²) in [6.07, 6.45) is 1.20. The highest BCUT2D eigenvalue weighted by Gasteiger charge is 2.19. The van der Waals surface area contributed by atoms with E-state index in [2.05, 4.69) is 15.0 Å². The number of ether oxygens (including phenoxy) is 2. The molecule has 1 aliphatic rings. The van der Waals surface area contributed by atoms with Crippen molar-refractivity contribution in [2.45, 2.75) is 11.0 Å². The van der Waals surface area contributed by atoms with Gasteiger partial charge in [-0.05, 0) is 6.07 Å². The summed E-state index contributed by atoms with van der Waals surface area (Å²) in [6, 6.07) is 2.92. The quantitative estimate of drug-likeness (QED) is 0.780. The maximum absolute atomic E-state index is 12.1. The first-order valence-electron chi connectivity index (χ1n) is 5.94. The number of hydrogen-bond acceptors (Lipinski definition) is 6. The Hall–Kier alpha value is -1.22. The maximum Gasteiger partial charge on any atom is 0.240 e. The molecule has 1 saturated heterocycles. The minimum atomic E-state index is -3.56. The summed E-state index contributed by atoms with van der Waals surface area (Å²) in [5.41, 5.74) is 0. The normalized spacial score (nSPS) is 20.2. The fourth-order valence-electron chi connectivity index (χ4n) is 1.66. The smallest absolute Gasteiger partial charge is 0.240 e. The molecule has 1 aliphatic heterocycles. The van der Waals surface area contributed by atoms with E-state index in [0.29, 0.717) is 25.6 Å². The minimum absolute atomic E-state index is 0.170. The second-order valence-electron chi connectivity index (χ2n) is 4.05. The molecule has 8 heteroatoms. The number of sulfonamides is 1. The molecule has 19 heavy (non-hydrogen) atoms. The second-order valence-corrected chi connectivity index (χ2v) is 5.81. The van der Waals surface area contributed by atoms with E-state index in [1.54, 1.807) is 7.05 Å². The van der Waals surface area contributed by atoms with E-state index in [9.17, 15) is 8.42 Å². The molecule has 2 heterocycles. The molecule has 1 atom stereocenters. The van der Waals surface area contributed by atoms with Gasteiger partial charge in [-0.2, -0.15) is 0 Å². The molecule has 106 valence electrons. The summed E-state index contributed by atoms with van der Waals surface area (Å²) in [5, 5.41) is 2.80. The molecule has 7 nitrogen and oxygen atoms in total. The molecule has 0 bridgehead atoms. The maximum atomic E-state index is 12.1. The van der Waals surface area contributed by atoms with Gasteiger partial charge in [0.1, 0.15) is 5.82 Å². The van der Waals surface area contributed by atoms with Crippen molar-refractivity contribution < 1.29 is 17.9 Å². The Labute approximate surface area is 112 Å². The van der Waals surface area contributed by atoms with Crippen molar-refractivity contribution in [1.29, 1.82) is 0 Å². The van der Waals surface area contributed by atoms with Crippen LogP contribution in [0.2, 0.25) is 0 Å². The minimum Gasteiger partial charge on any atom is -0.376 e. The van der Waals surface area contributed by atoms with Crippen LogP contribution >= 0.6 is 0 Å². The van der Waals surface area contributed by atoms with Crippen LogP contribution in [0.25, 0.3) is 0 Å². The fraction of sp³-hybridized carbons (Fsp3) is 0.545. The SMILES string of the molecule is CNc1cc(S(=O)(=O)NCC2COCCO2)ccn1. The highest BCUT2D eigenvalue weighted by molar-refractivity contribution is 7.89. The monoisotopic (exact) mass is 287 g/mol. The van der Waals surface area contributed by atoms with Crippen molar-refractivity contribution >= 4 is 15.8 Å². The van der Waals surface area contributed by atoms with Gasteiger partial charge in [-0.1, -0.05) is 0 Å². The Morgan fingerprint density at radius 3 is 3.00 bits per heavy atom. The van der Waals surface area contributed by atoms with Gasteiger partial charge < -0.3 is 14.8 Å². The van der Waals surface area contributed by atoms with Crippen molar-refractivity contribution in [3.63, 3.8) is 0 Å². The Bertz CT molecular complexity index is 514. The van der Waals surface area contributed by atoms with Gasteiger partial charge in [0.15, 0.2) is 0 Å². The standard InChI is InChI=1S/C11H17N3O4S/c1-12-11-6-10(2-3-13-11)19(15,16)14-7-9-8-17-4-5-18-9/h2-3,6,9,14H,4-5,7-8H2,1H3,(H,12,13). The Kier molecular flexibility index (Phi) is 4.70. The van der Waals surface area contributed by atoms with Crippen molar-refractivity contribution in [1.82, 2.24) is 9.71 Å². The number of pyridine rings is 1. The molecule has 1 aromatic heterocycles. The Morgan fingerprint density at radius 2 is 2.32 bits per heavy atom. The van der Waals surface area contributed by atoms with Gasteiger partial charge >= 0.3 is 0 Å². The number of nitrogens with one attached hydrogen (secondary N) is 2. The predicted octanol–water partition coefficient (Wildman–Crippen LogP) is -0.183. The molecule has 0 aliphatic carbocycles. The third-order valence-electron chi connectivity index (χ3n) is 2.68. The molecule has 0 amide bonds. The molecular formula is C11H17N3O4S. The van der Waals surface area contributed by atoms with Gasteiger partial charge in [-0.25, -0.2) is 18.1 Å². The van der Waals surface area contributed by atoms with E-state index in [0.717, 1.165) is 0 Å². The van der Waals surface area contributed by atoms with Gasteiger partial charge in [0.25, 0.3) is 0 Å². The van der Waals surface area contributed by atoms with Crippen LogP contribution < -0.4 is 10.0 Å². The zero-order valence-corrected chi connectivity index (χ0v) is 11.4. The van der Waals surface area contributed by atoms with E-state index < -0.39 is 10.0 Å². The first-order chi connectivity index (χ1) is 9.12. The summed E-state index contributed by atoms with van der Waals surface area (Å²) in [4.78, 5) is 4.14. The number of anilines is 1. The first-order valence-corrected chi connectivity index (χ1v) is 7.43. The summed E-state index contributed by atoms with van der Waals surface area (Å²) in [7, 11) is -1.88. The lowest BCUT2D eigenvalue weighted by molar-refractivity contribution is -0.0846. The third-order valence-corrected chi connectivity index (χ3v) is 4.11. The van der Waals surface area contributed by atoms with E-state index >= 15 is 0 Å². The topological polar surface area (TPSA) is 89.6 Å². The van der Waals surface area contributed by atoms with Gasteiger partial charge in [-0.15, -0.1) is 0 Å². The lowest BCUT2D eigenvalue weighted by Crippen LogP contribution is -2.39. The van der Waals surface area contributed by atoms with Crippen molar-refractivity contribution in [3.8, 4) is 0 Å². The number of hydrogen-bond donors (Lipinski definition) is 2. The zero-order valence-electron chi connectivity index (χ0n) is 10.6. The van der Waals surface area contributed by atoms with Crippen LogP contribution in [0.1, 0.15) is 0 Å². The second kappa shape index (κ2) is 6.29. The van der Waals surface area contributed by atoms with Crippen LogP contribution in [0.3, 0.4) is 0 Å². The number of nitrogens with zero attached hydrogens (tertiary/aromatic N) is 1. The van der Waals surface area contributed by atoms with Crippen molar-refractivity contribution in [2.24, 2.45) is 0 Å². The van der Waals surface area contributed by atoms with Gasteiger partial charge in [0.2, 0.25) is 10.0 Å². The van der Waals surface area contributed by atoms with E-state index in [4.69, 9.17) is 9.47 Å². The highest BCUT2D eigenvalue weighted by atomic mass is 32.2. The van der Waals surface area contributed by atoms with Crippen LogP contribution in [-0.4, -0.2) is 52.9 Å². The highest BCUT2D eigenvalue weighted by Crippen LogP contribution is 2.12. The van der Waals surface area contributed by atoms with E-state index in [-0.39, 0.29) is 17.5 Å². The van der Waals surface area contributed by atoms with E-state index in [1.165, 1.54) is 18.3 Å². The predicted molar refractivity (Wildman–Crippen MR) is 69.5 cm³/mol. The molecule has 2 rings (SSSR count). The summed E-state index contributed by atoms with van der Waals surface area (Å²) in [6.45, 7) is 1.64. The van der Waals surface area contributed by atoms with Gasteiger partial charge in [0, 0.05) is 25.9 Å². The van der Waals surface area contributed by atoms with Crippen LogP contribution in [0, 0.1) is 0 Å². The molecule has 0 aromatic carbocycles. The van der Waals surface area contributed by atoms with Gasteiger partial charge in [-0.3, -0.25) is 0 Å². The first kappa shape index (κ1) is 14.2. The summed E-state index contributed by atoms with van der Waals surface area (Å²) in [5.74, 6) is 0.500. The number of rotatable bonds is 5. The van der Waals surface area contributed by atoms with Gasteiger partial charge in [0.05, 0.1) is 30.8 Å².